The van der Waals surface area contributed by atoms with Gasteiger partial charge >= 0.3 is 6.03 Å². The summed E-state index contributed by atoms with van der Waals surface area (Å²) in [5, 5.41) is 6.48. The van der Waals surface area contributed by atoms with E-state index in [-0.39, 0.29) is 18.1 Å². The second-order valence-corrected chi connectivity index (χ2v) is 8.30. The van der Waals surface area contributed by atoms with Gasteiger partial charge in [-0.15, -0.1) is 0 Å². The second kappa shape index (κ2) is 8.89. The van der Waals surface area contributed by atoms with Crippen molar-refractivity contribution < 1.29 is 9.53 Å². The zero-order valence-corrected chi connectivity index (χ0v) is 18.1. The third-order valence-electron chi connectivity index (χ3n) is 6.42. The minimum absolute atomic E-state index is 0.0367. The summed E-state index contributed by atoms with van der Waals surface area (Å²) in [6.45, 7) is 1.62. The lowest BCUT2D eigenvalue weighted by Gasteiger charge is -2.59. The lowest BCUT2D eigenvalue weighted by molar-refractivity contribution is 0.00201. The molecule has 2 saturated heterocycles. The molecule has 0 spiro atoms. The van der Waals surface area contributed by atoms with Crippen LogP contribution in [0.25, 0.3) is 12.2 Å². The number of carbonyl (C=O) groups is 1. The van der Waals surface area contributed by atoms with Gasteiger partial charge in [-0.25, -0.2) is 4.79 Å². The molecule has 2 aliphatic heterocycles. The van der Waals surface area contributed by atoms with Gasteiger partial charge in [-0.2, -0.15) is 0 Å². The molecule has 0 saturated carbocycles. The highest BCUT2D eigenvalue weighted by atomic mass is 16.5. The molecule has 2 heterocycles. The highest BCUT2D eigenvalue weighted by Gasteiger charge is 2.53. The van der Waals surface area contributed by atoms with Crippen molar-refractivity contribution >= 4 is 23.9 Å². The van der Waals surface area contributed by atoms with Crippen LogP contribution in [0, 0.1) is 0 Å². The maximum Gasteiger partial charge on any atom is 0.322 e. The predicted octanol–water partition coefficient (Wildman–Crippen LogP) is 4.84. The van der Waals surface area contributed by atoms with Crippen molar-refractivity contribution in [2.45, 2.75) is 18.0 Å². The molecule has 2 aliphatic rings. The van der Waals surface area contributed by atoms with E-state index in [2.05, 4.69) is 59.2 Å². The van der Waals surface area contributed by atoms with Crippen LogP contribution >= 0.6 is 0 Å². The van der Waals surface area contributed by atoms with Gasteiger partial charge in [-0.05, 0) is 41.0 Å². The SMILES string of the molecule is COc1ccc(NC(=O)N2[C@@H]3CNC[C@H]2C3c2ccc(/C=C/c3ccccc3)cc2)cc1. The minimum Gasteiger partial charge on any atom is -0.497 e. The third-order valence-corrected chi connectivity index (χ3v) is 6.42. The number of piperidine rings is 1. The largest absolute Gasteiger partial charge is 0.497 e. The number of amides is 2. The van der Waals surface area contributed by atoms with Crippen LogP contribution in [-0.4, -0.2) is 43.2 Å². The van der Waals surface area contributed by atoms with Gasteiger partial charge < -0.3 is 20.3 Å². The molecule has 0 radical (unpaired) electrons. The summed E-state index contributed by atoms with van der Waals surface area (Å²) in [5.74, 6) is 1.14. The van der Waals surface area contributed by atoms with Crippen LogP contribution in [0.2, 0.25) is 0 Å². The van der Waals surface area contributed by atoms with Crippen LogP contribution < -0.4 is 15.4 Å². The number of anilines is 1. The molecule has 5 rings (SSSR count). The zero-order valence-electron chi connectivity index (χ0n) is 18.1. The van der Waals surface area contributed by atoms with Gasteiger partial charge in [0.05, 0.1) is 19.2 Å². The summed E-state index contributed by atoms with van der Waals surface area (Å²) in [6, 6.07) is 26.8. The van der Waals surface area contributed by atoms with E-state index >= 15 is 0 Å². The van der Waals surface area contributed by atoms with Gasteiger partial charge in [-0.3, -0.25) is 0 Å². The predicted molar refractivity (Wildman–Crippen MR) is 129 cm³/mol. The van der Waals surface area contributed by atoms with E-state index in [1.54, 1.807) is 7.11 Å². The van der Waals surface area contributed by atoms with Crippen LogP contribution in [0.5, 0.6) is 5.75 Å². The van der Waals surface area contributed by atoms with E-state index in [9.17, 15) is 4.79 Å². The molecule has 2 bridgehead atoms. The summed E-state index contributed by atoms with van der Waals surface area (Å²) in [7, 11) is 1.63. The molecule has 2 amide bonds. The van der Waals surface area contributed by atoms with Gasteiger partial charge in [0, 0.05) is 24.7 Å². The Labute approximate surface area is 188 Å². The summed E-state index contributed by atoms with van der Waals surface area (Å²) in [4.78, 5) is 15.0. The van der Waals surface area contributed by atoms with E-state index < -0.39 is 0 Å². The molecule has 2 fully saturated rings. The Hall–Kier alpha value is -3.57. The first-order chi connectivity index (χ1) is 15.7. The number of rotatable bonds is 5. The van der Waals surface area contributed by atoms with E-state index in [1.165, 1.54) is 16.7 Å². The number of hydrogen-bond acceptors (Lipinski definition) is 3. The van der Waals surface area contributed by atoms with Gasteiger partial charge in [0.25, 0.3) is 0 Å². The monoisotopic (exact) mass is 425 g/mol. The van der Waals surface area contributed by atoms with Crippen LogP contribution in [-0.2, 0) is 0 Å². The molecule has 3 aromatic rings. The molecule has 3 aromatic carbocycles. The second-order valence-electron chi connectivity index (χ2n) is 8.30. The maximum atomic E-state index is 13.0. The Morgan fingerprint density at radius 1 is 0.906 bits per heavy atom. The third kappa shape index (κ3) is 3.99. The lowest BCUT2D eigenvalue weighted by Crippen LogP contribution is -2.74. The first-order valence-corrected chi connectivity index (χ1v) is 11.0. The lowest BCUT2D eigenvalue weighted by atomic mass is 9.72. The Balaban J connectivity index is 1.25. The summed E-state index contributed by atoms with van der Waals surface area (Å²) < 4.78 is 5.19. The van der Waals surface area contributed by atoms with Crippen molar-refractivity contribution in [3.63, 3.8) is 0 Å². The summed E-state index contributed by atoms with van der Waals surface area (Å²) >= 11 is 0. The van der Waals surface area contributed by atoms with Crippen LogP contribution in [0.1, 0.15) is 22.6 Å². The molecule has 2 N–H and O–H groups in total. The molecule has 0 aliphatic carbocycles. The van der Waals surface area contributed by atoms with Crippen molar-refractivity contribution in [2.75, 3.05) is 25.5 Å². The molecule has 5 nitrogen and oxygen atoms in total. The number of piperazine rings is 1. The number of methoxy groups -OCH3 is 1. The van der Waals surface area contributed by atoms with E-state index in [0.29, 0.717) is 5.92 Å². The fourth-order valence-corrected chi connectivity index (χ4v) is 4.77. The molecule has 5 heteroatoms. The average molecular weight is 426 g/mol. The van der Waals surface area contributed by atoms with Crippen molar-refractivity contribution in [3.8, 4) is 5.75 Å². The smallest absolute Gasteiger partial charge is 0.322 e. The standard InChI is InChI=1S/C27H27N3O2/c1-32-23-15-13-22(14-16-23)29-27(31)30-24-17-28-18-25(30)26(24)21-11-9-20(10-12-21)8-7-19-5-3-2-4-6-19/h2-16,24-26,28H,17-18H2,1H3,(H,29,31)/b8-7+/t24-,25+,26?. The van der Waals surface area contributed by atoms with Crippen LogP contribution in [0.15, 0.2) is 78.9 Å². The fraction of sp³-hybridized carbons (Fsp3) is 0.222. The number of benzene rings is 3. The molecule has 1 unspecified atom stereocenters. The van der Waals surface area contributed by atoms with Crippen LogP contribution in [0.4, 0.5) is 10.5 Å². The minimum atomic E-state index is -0.0367. The van der Waals surface area contributed by atoms with Gasteiger partial charge in [-0.1, -0.05) is 66.7 Å². The Morgan fingerprint density at radius 2 is 1.53 bits per heavy atom. The quantitative estimate of drug-likeness (QED) is 0.576. The van der Waals surface area contributed by atoms with E-state index in [4.69, 9.17) is 4.74 Å². The summed E-state index contributed by atoms with van der Waals surface area (Å²) in [6.07, 6.45) is 4.26. The fourth-order valence-electron chi connectivity index (χ4n) is 4.77. The van der Waals surface area contributed by atoms with Crippen molar-refractivity contribution in [2.24, 2.45) is 0 Å². The van der Waals surface area contributed by atoms with Gasteiger partial charge in [0.15, 0.2) is 0 Å². The molecular weight excluding hydrogens is 398 g/mol. The molecule has 3 atom stereocenters. The summed E-state index contributed by atoms with van der Waals surface area (Å²) in [5.41, 5.74) is 4.44. The Bertz CT molecular complexity index is 1080. The number of hydrogen-bond donors (Lipinski definition) is 2. The normalized spacial score (nSPS) is 21.8. The maximum absolute atomic E-state index is 13.0. The number of urea groups is 1. The highest BCUT2D eigenvalue weighted by Crippen LogP contribution is 2.43. The van der Waals surface area contributed by atoms with Crippen molar-refractivity contribution in [1.82, 2.24) is 10.2 Å². The Kier molecular flexibility index (Phi) is 5.65. The molecule has 162 valence electrons. The topological polar surface area (TPSA) is 53.6 Å². The zero-order chi connectivity index (χ0) is 21.9. The van der Waals surface area contributed by atoms with Gasteiger partial charge in [0.2, 0.25) is 0 Å². The van der Waals surface area contributed by atoms with Crippen LogP contribution in [0.3, 0.4) is 0 Å². The average Bonchev–Trinajstić information content (AvgIpc) is 2.85. The Morgan fingerprint density at radius 3 is 2.16 bits per heavy atom. The first-order valence-electron chi connectivity index (χ1n) is 11.0. The number of fused-ring (bicyclic) bond motifs is 2. The molecular formula is C27H27N3O2. The van der Waals surface area contributed by atoms with E-state index in [0.717, 1.165) is 24.5 Å². The molecule has 32 heavy (non-hydrogen) atoms. The van der Waals surface area contributed by atoms with E-state index in [1.807, 2.05) is 47.4 Å². The highest BCUT2D eigenvalue weighted by molar-refractivity contribution is 5.91. The number of nitrogens with zero attached hydrogens (tertiary/aromatic N) is 1. The van der Waals surface area contributed by atoms with Crippen molar-refractivity contribution in [3.05, 3.63) is 95.6 Å². The number of carbonyl (C=O) groups excluding carboxylic acids is 1. The van der Waals surface area contributed by atoms with Gasteiger partial charge in [0.1, 0.15) is 5.75 Å². The van der Waals surface area contributed by atoms with Crippen molar-refractivity contribution in [1.29, 1.82) is 0 Å². The first kappa shape index (κ1) is 20.3. The molecule has 0 aromatic heterocycles. The number of ether oxygens (including phenoxy) is 1. The number of nitrogens with one attached hydrogen (secondary N) is 2.